The number of methoxy groups -OCH3 is 1. The van der Waals surface area contributed by atoms with Gasteiger partial charge in [-0.15, -0.1) is 0 Å². The molecule has 2 aromatic carbocycles. The Kier molecular flexibility index (Phi) is 4.90. The van der Waals surface area contributed by atoms with E-state index >= 15 is 0 Å². The summed E-state index contributed by atoms with van der Waals surface area (Å²) in [5.74, 6) is 0.781. The normalized spacial score (nSPS) is 12.3. The molecular formula is C14H12Br2ClNO. The van der Waals surface area contributed by atoms with Crippen LogP contribution in [0.1, 0.15) is 17.2 Å². The fourth-order valence-electron chi connectivity index (χ4n) is 1.82. The number of rotatable bonds is 3. The third-order valence-corrected chi connectivity index (χ3v) is 4.07. The quantitative estimate of drug-likeness (QED) is 0.787. The molecule has 2 aromatic rings. The predicted molar refractivity (Wildman–Crippen MR) is 85.9 cm³/mol. The summed E-state index contributed by atoms with van der Waals surface area (Å²) in [5.41, 5.74) is 8.22. The van der Waals surface area contributed by atoms with Gasteiger partial charge in [-0.2, -0.15) is 0 Å². The lowest BCUT2D eigenvalue weighted by Gasteiger charge is -2.15. The van der Waals surface area contributed by atoms with Crippen LogP contribution < -0.4 is 10.5 Å². The Balaban J connectivity index is 2.38. The summed E-state index contributed by atoms with van der Waals surface area (Å²) in [6.45, 7) is 0. The molecule has 0 fully saturated rings. The molecule has 0 heterocycles. The molecule has 0 aliphatic carbocycles. The zero-order chi connectivity index (χ0) is 14.0. The molecule has 0 amide bonds. The van der Waals surface area contributed by atoms with Gasteiger partial charge in [0.05, 0.1) is 17.6 Å². The van der Waals surface area contributed by atoms with E-state index in [0.29, 0.717) is 5.02 Å². The third kappa shape index (κ3) is 3.51. The lowest BCUT2D eigenvalue weighted by Crippen LogP contribution is -2.12. The highest BCUT2D eigenvalue weighted by Gasteiger charge is 2.12. The molecule has 2 N–H and O–H groups in total. The molecule has 1 unspecified atom stereocenters. The van der Waals surface area contributed by atoms with Crippen LogP contribution in [0.2, 0.25) is 5.02 Å². The first kappa shape index (κ1) is 14.9. The maximum atomic E-state index is 6.27. The van der Waals surface area contributed by atoms with Crippen LogP contribution in [0, 0.1) is 0 Å². The minimum absolute atomic E-state index is 0.239. The molecule has 2 nitrogen and oxygen atoms in total. The van der Waals surface area contributed by atoms with Crippen LogP contribution in [0.15, 0.2) is 45.3 Å². The molecule has 2 rings (SSSR count). The lowest BCUT2D eigenvalue weighted by molar-refractivity contribution is 0.412. The molecule has 0 aliphatic heterocycles. The highest BCUT2D eigenvalue weighted by atomic mass is 79.9. The number of ether oxygens (including phenoxy) is 1. The standard InChI is InChI=1S/C14H12Br2ClNO/c1-19-13-3-2-8(6-12(13)16)14(18)9-4-10(15)7-11(17)5-9/h2-7,14H,18H2,1H3. The SMILES string of the molecule is COc1ccc(C(N)c2cc(Cl)cc(Br)c2)cc1Br. The molecule has 19 heavy (non-hydrogen) atoms. The summed E-state index contributed by atoms with van der Waals surface area (Å²) in [4.78, 5) is 0. The van der Waals surface area contributed by atoms with Crippen molar-refractivity contribution in [1.29, 1.82) is 0 Å². The van der Waals surface area contributed by atoms with Gasteiger partial charge in [-0.05, 0) is 57.4 Å². The average Bonchev–Trinajstić information content (AvgIpc) is 2.36. The second-order valence-electron chi connectivity index (χ2n) is 4.07. The maximum Gasteiger partial charge on any atom is 0.133 e. The van der Waals surface area contributed by atoms with E-state index in [1.54, 1.807) is 7.11 Å². The second-order valence-corrected chi connectivity index (χ2v) is 6.28. The van der Waals surface area contributed by atoms with E-state index in [4.69, 9.17) is 22.1 Å². The van der Waals surface area contributed by atoms with Crippen LogP contribution >= 0.6 is 43.5 Å². The lowest BCUT2D eigenvalue weighted by atomic mass is 10.00. The first-order valence-corrected chi connectivity index (χ1v) is 7.52. The average molecular weight is 406 g/mol. The third-order valence-electron chi connectivity index (χ3n) is 2.78. The van der Waals surface area contributed by atoms with Crippen LogP contribution in [0.25, 0.3) is 0 Å². The van der Waals surface area contributed by atoms with Crippen molar-refractivity contribution in [3.05, 3.63) is 61.5 Å². The minimum Gasteiger partial charge on any atom is -0.496 e. The molecule has 0 aromatic heterocycles. The smallest absolute Gasteiger partial charge is 0.133 e. The Labute approximate surface area is 134 Å². The van der Waals surface area contributed by atoms with Crippen molar-refractivity contribution >= 4 is 43.5 Å². The van der Waals surface area contributed by atoms with Crippen molar-refractivity contribution in [2.75, 3.05) is 7.11 Å². The largest absolute Gasteiger partial charge is 0.496 e. The van der Waals surface area contributed by atoms with Crippen molar-refractivity contribution in [2.24, 2.45) is 5.73 Å². The van der Waals surface area contributed by atoms with Crippen LogP contribution in [-0.4, -0.2) is 7.11 Å². The Morgan fingerprint density at radius 3 is 2.42 bits per heavy atom. The Hall–Kier alpha value is -0.550. The number of halogens is 3. The molecule has 0 radical (unpaired) electrons. The van der Waals surface area contributed by atoms with E-state index in [1.165, 1.54) is 0 Å². The summed E-state index contributed by atoms with van der Waals surface area (Å²) in [6.07, 6.45) is 0. The molecule has 1 atom stereocenters. The van der Waals surface area contributed by atoms with E-state index in [0.717, 1.165) is 25.8 Å². The van der Waals surface area contributed by atoms with Crippen LogP contribution in [0.4, 0.5) is 0 Å². The summed E-state index contributed by atoms with van der Waals surface area (Å²) < 4.78 is 7.00. The summed E-state index contributed by atoms with van der Waals surface area (Å²) in [6, 6.07) is 11.2. The first-order valence-electron chi connectivity index (χ1n) is 5.56. The van der Waals surface area contributed by atoms with Crippen molar-refractivity contribution in [1.82, 2.24) is 0 Å². The molecule has 5 heteroatoms. The highest BCUT2D eigenvalue weighted by molar-refractivity contribution is 9.10. The fraction of sp³-hybridized carbons (Fsp3) is 0.143. The van der Waals surface area contributed by atoms with Crippen molar-refractivity contribution in [2.45, 2.75) is 6.04 Å². The van der Waals surface area contributed by atoms with Crippen LogP contribution in [0.5, 0.6) is 5.75 Å². The Bertz CT molecular complexity index is 584. The van der Waals surface area contributed by atoms with Crippen molar-refractivity contribution in [3.63, 3.8) is 0 Å². The molecular weight excluding hydrogens is 393 g/mol. The monoisotopic (exact) mass is 403 g/mol. The molecule has 0 bridgehead atoms. The van der Waals surface area contributed by atoms with E-state index in [1.807, 2.05) is 36.4 Å². The van der Waals surface area contributed by atoms with Gasteiger partial charge >= 0.3 is 0 Å². The predicted octanol–water partition coefficient (Wildman–Crippen LogP) is 4.92. The van der Waals surface area contributed by atoms with Gasteiger partial charge in [-0.1, -0.05) is 33.6 Å². The highest BCUT2D eigenvalue weighted by Crippen LogP contribution is 2.31. The van der Waals surface area contributed by atoms with Crippen molar-refractivity contribution < 1.29 is 4.74 Å². The van der Waals surface area contributed by atoms with Crippen molar-refractivity contribution in [3.8, 4) is 5.75 Å². The summed E-state index contributed by atoms with van der Waals surface area (Å²) >= 11 is 12.9. The van der Waals surface area contributed by atoms with Gasteiger partial charge < -0.3 is 10.5 Å². The summed E-state index contributed by atoms with van der Waals surface area (Å²) in [5, 5.41) is 0.660. The van der Waals surface area contributed by atoms with E-state index in [9.17, 15) is 0 Å². The van der Waals surface area contributed by atoms with Crippen LogP contribution in [-0.2, 0) is 0 Å². The molecule has 0 aliphatic rings. The van der Waals surface area contributed by atoms with E-state index in [2.05, 4.69) is 31.9 Å². The van der Waals surface area contributed by atoms with Gasteiger partial charge in [0.1, 0.15) is 5.75 Å². The van der Waals surface area contributed by atoms with Gasteiger partial charge in [0, 0.05) is 9.50 Å². The molecule has 0 saturated carbocycles. The number of hydrogen-bond acceptors (Lipinski definition) is 2. The van der Waals surface area contributed by atoms with Gasteiger partial charge in [-0.3, -0.25) is 0 Å². The van der Waals surface area contributed by atoms with Crippen LogP contribution in [0.3, 0.4) is 0 Å². The molecule has 0 spiro atoms. The van der Waals surface area contributed by atoms with Gasteiger partial charge in [0.25, 0.3) is 0 Å². The second kappa shape index (κ2) is 6.27. The zero-order valence-corrected chi connectivity index (χ0v) is 14.1. The van der Waals surface area contributed by atoms with Gasteiger partial charge in [0.2, 0.25) is 0 Å². The Morgan fingerprint density at radius 2 is 1.84 bits per heavy atom. The number of hydrogen-bond donors (Lipinski definition) is 1. The number of benzene rings is 2. The fourth-order valence-corrected chi connectivity index (χ4v) is 3.27. The zero-order valence-electron chi connectivity index (χ0n) is 10.2. The van der Waals surface area contributed by atoms with E-state index in [-0.39, 0.29) is 6.04 Å². The summed E-state index contributed by atoms with van der Waals surface area (Å²) in [7, 11) is 1.63. The van der Waals surface area contributed by atoms with Gasteiger partial charge in [-0.25, -0.2) is 0 Å². The maximum absolute atomic E-state index is 6.27. The first-order chi connectivity index (χ1) is 9.01. The topological polar surface area (TPSA) is 35.2 Å². The van der Waals surface area contributed by atoms with Gasteiger partial charge in [0.15, 0.2) is 0 Å². The molecule has 0 saturated heterocycles. The Morgan fingerprint density at radius 1 is 1.11 bits per heavy atom. The van der Waals surface area contributed by atoms with E-state index < -0.39 is 0 Å². The number of nitrogens with two attached hydrogens (primary N) is 1. The minimum atomic E-state index is -0.239. The molecule has 100 valence electrons.